The van der Waals surface area contributed by atoms with Crippen molar-refractivity contribution in [3.8, 4) is 11.6 Å². The van der Waals surface area contributed by atoms with E-state index in [0.29, 0.717) is 5.82 Å². The van der Waals surface area contributed by atoms with Gasteiger partial charge < -0.3 is 9.73 Å². The average molecular weight is 273 g/mol. The van der Waals surface area contributed by atoms with Gasteiger partial charge >= 0.3 is 0 Å². The highest BCUT2D eigenvalue weighted by Crippen LogP contribution is 2.29. The van der Waals surface area contributed by atoms with Crippen molar-refractivity contribution in [1.29, 1.82) is 0 Å². The van der Waals surface area contributed by atoms with Gasteiger partial charge in [-0.05, 0) is 36.4 Å². The molecule has 3 heterocycles. The van der Waals surface area contributed by atoms with Gasteiger partial charge in [0.05, 0.1) is 11.6 Å². The Kier molecular flexibility index (Phi) is 3.21. The number of furan rings is 1. The van der Waals surface area contributed by atoms with Crippen molar-refractivity contribution in [3.05, 3.63) is 29.3 Å². The number of hydrogen-bond acceptors (Lipinski definition) is 5. The van der Waals surface area contributed by atoms with E-state index in [1.807, 2.05) is 18.4 Å². The highest BCUT2D eigenvalue weighted by molar-refractivity contribution is 7.16. The van der Waals surface area contributed by atoms with Gasteiger partial charge in [-0.15, -0.1) is 11.3 Å². The van der Waals surface area contributed by atoms with Gasteiger partial charge in [0, 0.05) is 6.54 Å². The van der Waals surface area contributed by atoms with E-state index in [2.05, 4.69) is 28.3 Å². The molecule has 0 saturated carbocycles. The Morgan fingerprint density at radius 1 is 1.32 bits per heavy atom. The Bertz CT molecular complexity index is 702. The first-order chi connectivity index (χ1) is 9.29. The van der Waals surface area contributed by atoms with Gasteiger partial charge in [0.2, 0.25) is 0 Å². The molecule has 0 bridgehead atoms. The lowest BCUT2D eigenvalue weighted by molar-refractivity contribution is 0.576. The van der Waals surface area contributed by atoms with E-state index in [0.717, 1.165) is 40.3 Å². The maximum atomic E-state index is 5.49. The monoisotopic (exact) mass is 273 g/mol. The van der Waals surface area contributed by atoms with Crippen LogP contribution in [0.25, 0.3) is 21.8 Å². The van der Waals surface area contributed by atoms with Crippen molar-refractivity contribution >= 4 is 27.4 Å². The van der Waals surface area contributed by atoms with Crippen LogP contribution in [0.4, 0.5) is 5.82 Å². The molecule has 0 radical (unpaired) electrons. The molecule has 0 aliphatic rings. The van der Waals surface area contributed by atoms with Crippen molar-refractivity contribution < 1.29 is 4.42 Å². The van der Waals surface area contributed by atoms with E-state index >= 15 is 0 Å². The van der Waals surface area contributed by atoms with E-state index < -0.39 is 0 Å². The van der Waals surface area contributed by atoms with Crippen molar-refractivity contribution in [1.82, 2.24) is 9.97 Å². The Balaban J connectivity index is 2.13. The smallest absolute Gasteiger partial charge is 0.199 e. The Hall–Kier alpha value is -1.88. The number of rotatable bonds is 4. The Morgan fingerprint density at radius 3 is 2.95 bits per heavy atom. The fraction of sp³-hybridized carbons (Fsp3) is 0.286. The van der Waals surface area contributed by atoms with Crippen molar-refractivity contribution in [3.63, 3.8) is 0 Å². The molecule has 0 saturated heterocycles. The molecule has 98 valence electrons. The predicted octanol–water partition coefficient (Wildman–Crippen LogP) is 4.08. The van der Waals surface area contributed by atoms with E-state index in [9.17, 15) is 0 Å². The van der Waals surface area contributed by atoms with Crippen molar-refractivity contribution in [2.24, 2.45) is 0 Å². The molecule has 0 aliphatic carbocycles. The zero-order chi connectivity index (χ0) is 13.2. The molecule has 0 spiro atoms. The molecule has 3 rings (SSSR count). The third-order valence-electron chi connectivity index (χ3n) is 2.93. The van der Waals surface area contributed by atoms with E-state index in [1.165, 1.54) is 0 Å². The molecule has 0 unspecified atom stereocenters. The van der Waals surface area contributed by atoms with Gasteiger partial charge in [0.25, 0.3) is 0 Å². The Morgan fingerprint density at radius 2 is 2.21 bits per heavy atom. The van der Waals surface area contributed by atoms with Crippen LogP contribution in [-0.4, -0.2) is 16.5 Å². The van der Waals surface area contributed by atoms with Crippen LogP contribution in [0, 0.1) is 6.92 Å². The van der Waals surface area contributed by atoms with E-state index in [1.54, 1.807) is 17.6 Å². The fourth-order valence-corrected chi connectivity index (χ4v) is 2.70. The number of fused-ring (bicyclic) bond motifs is 1. The number of thiophene rings is 1. The third-order valence-corrected chi connectivity index (χ3v) is 3.74. The first-order valence-electron chi connectivity index (χ1n) is 6.33. The SMILES string of the molecule is CCCNc1nc(-c2occc2C)nc2sccc12. The number of hydrogen-bond donors (Lipinski definition) is 1. The van der Waals surface area contributed by atoms with Crippen LogP contribution >= 0.6 is 11.3 Å². The van der Waals surface area contributed by atoms with E-state index in [-0.39, 0.29) is 0 Å². The molecule has 3 aromatic heterocycles. The van der Waals surface area contributed by atoms with Gasteiger partial charge in [-0.2, -0.15) is 0 Å². The minimum Gasteiger partial charge on any atom is -0.461 e. The summed E-state index contributed by atoms with van der Waals surface area (Å²) in [7, 11) is 0. The van der Waals surface area contributed by atoms with Crippen LogP contribution in [0.2, 0.25) is 0 Å². The molecule has 19 heavy (non-hydrogen) atoms. The molecule has 0 fully saturated rings. The summed E-state index contributed by atoms with van der Waals surface area (Å²) < 4.78 is 5.49. The number of anilines is 1. The zero-order valence-electron chi connectivity index (χ0n) is 10.9. The summed E-state index contributed by atoms with van der Waals surface area (Å²) >= 11 is 1.62. The lowest BCUT2D eigenvalue weighted by Crippen LogP contribution is -2.04. The lowest BCUT2D eigenvalue weighted by Gasteiger charge is -2.07. The second-order valence-corrected chi connectivity index (χ2v) is 5.29. The second-order valence-electron chi connectivity index (χ2n) is 4.39. The largest absolute Gasteiger partial charge is 0.461 e. The summed E-state index contributed by atoms with van der Waals surface area (Å²) in [5.74, 6) is 2.28. The van der Waals surface area contributed by atoms with Crippen LogP contribution in [0.15, 0.2) is 28.2 Å². The predicted molar refractivity (Wildman–Crippen MR) is 78.6 cm³/mol. The first kappa shape index (κ1) is 12.2. The van der Waals surface area contributed by atoms with Crippen LogP contribution in [0.5, 0.6) is 0 Å². The van der Waals surface area contributed by atoms with Crippen LogP contribution < -0.4 is 5.32 Å². The van der Waals surface area contributed by atoms with Crippen molar-refractivity contribution in [2.45, 2.75) is 20.3 Å². The van der Waals surface area contributed by atoms with E-state index in [4.69, 9.17) is 4.42 Å². The van der Waals surface area contributed by atoms with Gasteiger partial charge in [0.15, 0.2) is 11.6 Å². The topological polar surface area (TPSA) is 51.0 Å². The molecule has 0 amide bonds. The summed E-state index contributed by atoms with van der Waals surface area (Å²) in [6.07, 6.45) is 2.73. The summed E-state index contributed by atoms with van der Waals surface area (Å²) in [6, 6.07) is 3.98. The van der Waals surface area contributed by atoms with Gasteiger partial charge in [-0.1, -0.05) is 6.92 Å². The van der Waals surface area contributed by atoms with Crippen LogP contribution in [0.3, 0.4) is 0 Å². The highest BCUT2D eigenvalue weighted by Gasteiger charge is 2.13. The molecule has 0 atom stereocenters. The zero-order valence-corrected chi connectivity index (χ0v) is 11.8. The molecule has 5 heteroatoms. The standard InChI is InChI=1S/C14H15N3OS/c1-3-6-15-12-10-5-8-19-14(10)17-13(16-12)11-9(2)4-7-18-11/h4-5,7-8H,3,6H2,1-2H3,(H,15,16,17). The second kappa shape index (κ2) is 5.01. The maximum absolute atomic E-state index is 5.49. The molecular weight excluding hydrogens is 258 g/mol. The number of aromatic nitrogens is 2. The summed E-state index contributed by atoms with van der Waals surface area (Å²) in [5, 5.41) is 6.47. The normalized spacial score (nSPS) is 11.1. The number of aryl methyl sites for hydroxylation is 1. The molecule has 0 aliphatic heterocycles. The lowest BCUT2D eigenvalue weighted by atomic mass is 10.2. The Labute approximate surface area is 115 Å². The number of nitrogens with zero attached hydrogens (tertiary/aromatic N) is 2. The molecule has 1 N–H and O–H groups in total. The summed E-state index contributed by atoms with van der Waals surface area (Å²) in [5.41, 5.74) is 1.05. The average Bonchev–Trinajstić information content (AvgIpc) is 3.03. The summed E-state index contributed by atoms with van der Waals surface area (Å²) in [4.78, 5) is 10.2. The fourth-order valence-electron chi connectivity index (χ4n) is 1.94. The van der Waals surface area contributed by atoms with Gasteiger partial charge in [-0.25, -0.2) is 9.97 Å². The maximum Gasteiger partial charge on any atom is 0.199 e. The quantitative estimate of drug-likeness (QED) is 0.778. The third kappa shape index (κ3) is 2.21. The minimum atomic E-state index is 0.649. The van der Waals surface area contributed by atoms with Gasteiger partial charge in [-0.3, -0.25) is 0 Å². The summed E-state index contributed by atoms with van der Waals surface area (Å²) in [6.45, 7) is 5.04. The minimum absolute atomic E-state index is 0.649. The van der Waals surface area contributed by atoms with Crippen LogP contribution in [-0.2, 0) is 0 Å². The number of nitrogens with one attached hydrogen (secondary N) is 1. The molecule has 3 aromatic rings. The van der Waals surface area contributed by atoms with Gasteiger partial charge in [0.1, 0.15) is 10.6 Å². The van der Waals surface area contributed by atoms with Crippen LogP contribution in [0.1, 0.15) is 18.9 Å². The molecular formula is C14H15N3OS. The molecule has 4 nitrogen and oxygen atoms in total. The first-order valence-corrected chi connectivity index (χ1v) is 7.21. The highest BCUT2D eigenvalue weighted by atomic mass is 32.1. The molecule has 0 aromatic carbocycles. The van der Waals surface area contributed by atoms with Crippen molar-refractivity contribution in [2.75, 3.05) is 11.9 Å².